The van der Waals surface area contributed by atoms with Crippen molar-refractivity contribution >= 4 is 6.03 Å². The summed E-state index contributed by atoms with van der Waals surface area (Å²) < 4.78 is 5.26. The number of carbonyl (C=O) groups excluding carboxylic acids is 1. The van der Waals surface area contributed by atoms with E-state index in [0.29, 0.717) is 18.6 Å². The van der Waals surface area contributed by atoms with Gasteiger partial charge in [-0.1, -0.05) is 6.92 Å². The molecule has 1 N–H and O–H groups in total. The molecular formula is C12H23N3O2. The van der Waals surface area contributed by atoms with Gasteiger partial charge in [0.05, 0.1) is 12.6 Å². The number of urea groups is 1. The number of likely N-dealkylation sites (tertiary alicyclic amines) is 1. The molecule has 5 nitrogen and oxygen atoms in total. The normalized spacial score (nSPS) is 33.4. The lowest BCUT2D eigenvalue weighted by Gasteiger charge is -2.23. The van der Waals surface area contributed by atoms with E-state index in [2.05, 4.69) is 31.2 Å². The van der Waals surface area contributed by atoms with Crippen LogP contribution in [0.25, 0.3) is 0 Å². The zero-order valence-electron chi connectivity index (χ0n) is 11.0. The minimum Gasteiger partial charge on any atom is -0.379 e. The van der Waals surface area contributed by atoms with Gasteiger partial charge in [-0.25, -0.2) is 4.79 Å². The van der Waals surface area contributed by atoms with E-state index in [4.69, 9.17) is 4.74 Å². The molecule has 98 valence electrons. The van der Waals surface area contributed by atoms with Crippen LogP contribution in [-0.4, -0.2) is 68.3 Å². The molecule has 0 aromatic carbocycles. The van der Waals surface area contributed by atoms with Crippen molar-refractivity contribution in [3.63, 3.8) is 0 Å². The molecule has 3 atom stereocenters. The zero-order valence-corrected chi connectivity index (χ0v) is 11.0. The van der Waals surface area contributed by atoms with Crippen molar-refractivity contribution in [2.75, 3.05) is 40.4 Å². The maximum Gasteiger partial charge on any atom is 0.317 e. The van der Waals surface area contributed by atoms with Crippen LogP contribution in [0.1, 0.15) is 13.3 Å². The van der Waals surface area contributed by atoms with E-state index in [1.165, 1.54) is 0 Å². The van der Waals surface area contributed by atoms with E-state index >= 15 is 0 Å². The van der Waals surface area contributed by atoms with E-state index in [9.17, 15) is 4.79 Å². The highest BCUT2D eigenvalue weighted by atomic mass is 16.5. The topological polar surface area (TPSA) is 44.8 Å². The predicted octanol–water partition coefficient (Wildman–Crippen LogP) is 0.367. The van der Waals surface area contributed by atoms with Crippen molar-refractivity contribution in [3.8, 4) is 0 Å². The fourth-order valence-corrected chi connectivity index (χ4v) is 2.70. The smallest absolute Gasteiger partial charge is 0.317 e. The van der Waals surface area contributed by atoms with Crippen LogP contribution in [0.4, 0.5) is 4.79 Å². The Morgan fingerprint density at radius 1 is 1.41 bits per heavy atom. The van der Waals surface area contributed by atoms with Crippen molar-refractivity contribution in [2.45, 2.75) is 25.4 Å². The first kappa shape index (κ1) is 12.6. The highest BCUT2D eigenvalue weighted by molar-refractivity contribution is 5.75. The van der Waals surface area contributed by atoms with Gasteiger partial charge in [-0.05, 0) is 26.4 Å². The molecule has 17 heavy (non-hydrogen) atoms. The molecule has 0 radical (unpaired) electrons. The van der Waals surface area contributed by atoms with Gasteiger partial charge in [0.1, 0.15) is 0 Å². The molecule has 0 spiro atoms. The second-order valence-corrected chi connectivity index (χ2v) is 5.42. The third-order valence-corrected chi connectivity index (χ3v) is 3.78. The number of rotatable bonds is 2. The molecule has 2 rings (SSSR count). The SMILES string of the molecule is CC1CN(C(=O)NC2CCOC2)CC1N(C)C. The maximum atomic E-state index is 12.1. The molecule has 2 aliphatic rings. The van der Waals surface area contributed by atoms with Crippen molar-refractivity contribution in [3.05, 3.63) is 0 Å². The fraction of sp³-hybridized carbons (Fsp3) is 0.917. The Hall–Kier alpha value is -0.810. The van der Waals surface area contributed by atoms with Crippen molar-refractivity contribution in [1.82, 2.24) is 15.1 Å². The first-order valence-corrected chi connectivity index (χ1v) is 6.37. The van der Waals surface area contributed by atoms with Crippen LogP contribution < -0.4 is 5.32 Å². The van der Waals surface area contributed by atoms with Gasteiger partial charge in [-0.15, -0.1) is 0 Å². The van der Waals surface area contributed by atoms with Crippen LogP contribution in [0.2, 0.25) is 0 Å². The predicted molar refractivity (Wildman–Crippen MR) is 66.0 cm³/mol. The molecule has 2 aliphatic heterocycles. The largest absolute Gasteiger partial charge is 0.379 e. The summed E-state index contributed by atoms with van der Waals surface area (Å²) in [5, 5.41) is 3.04. The van der Waals surface area contributed by atoms with Gasteiger partial charge in [0.2, 0.25) is 0 Å². The van der Waals surface area contributed by atoms with Crippen molar-refractivity contribution in [1.29, 1.82) is 0 Å². The van der Waals surface area contributed by atoms with Gasteiger partial charge < -0.3 is 19.9 Å². The summed E-state index contributed by atoms with van der Waals surface area (Å²) >= 11 is 0. The van der Waals surface area contributed by atoms with Gasteiger partial charge in [0.25, 0.3) is 0 Å². The van der Waals surface area contributed by atoms with Gasteiger partial charge in [0.15, 0.2) is 0 Å². The van der Waals surface area contributed by atoms with Crippen LogP contribution in [0, 0.1) is 5.92 Å². The van der Waals surface area contributed by atoms with Gasteiger partial charge in [-0.2, -0.15) is 0 Å². The first-order valence-electron chi connectivity index (χ1n) is 6.37. The van der Waals surface area contributed by atoms with E-state index in [0.717, 1.165) is 26.1 Å². The Labute approximate surface area is 103 Å². The lowest BCUT2D eigenvalue weighted by molar-refractivity contribution is 0.180. The maximum absolute atomic E-state index is 12.1. The number of carbonyl (C=O) groups is 1. The number of likely N-dealkylation sites (N-methyl/N-ethyl adjacent to an activating group) is 1. The zero-order chi connectivity index (χ0) is 12.4. The lowest BCUT2D eigenvalue weighted by Crippen LogP contribution is -2.45. The van der Waals surface area contributed by atoms with E-state index in [-0.39, 0.29) is 12.1 Å². The first-order chi connectivity index (χ1) is 8.08. The summed E-state index contributed by atoms with van der Waals surface area (Å²) in [5.74, 6) is 0.538. The Bertz CT molecular complexity index is 277. The molecule has 2 heterocycles. The molecule has 0 bridgehead atoms. The van der Waals surface area contributed by atoms with E-state index < -0.39 is 0 Å². The fourth-order valence-electron chi connectivity index (χ4n) is 2.70. The molecule has 2 amide bonds. The van der Waals surface area contributed by atoms with Crippen LogP contribution in [0.3, 0.4) is 0 Å². The van der Waals surface area contributed by atoms with Gasteiger partial charge in [0, 0.05) is 25.7 Å². The molecular weight excluding hydrogens is 218 g/mol. The second-order valence-electron chi connectivity index (χ2n) is 5.42. The third kappa shape index (κ3) is 2.90. The highest BCUT2D eigenvalue weighted by Gasteiger charge is 2.34. The van der Waals surface area contributed by atoms with Crippen molar-refractivity contribution in [2.24, 2.45) is 5.92 Å². The van der Waals surface area contributed by atoms with E-state index in [1.807, 2.05) is 4.90 Å². The number of nitrogens with zero attached hydrogens (tertiary/aromatic N) is 2. The second kappa shape index (κ2) is 5.23. The monoisotopic (exact) mass is 241 g/mol. The Kier molecular flexibility index (Phi) is 3.89. The number of hydrogen-bond acceptors (Lipinski definition) is 3. The number of nitrogens with one attached hydrogen (secondary N) is 1. The minimum atomic E-state index is 0.0664. The summed E-state index contributed by atoms with van der Waals surface area (Å²) in [6.45, 7) is 5.31. The van der Waals surface area contributed by atoms with Crippen molar-refractivity contribution < 1.29 is 9.53 Å². The number of amides is 2. The van der Waals surface area contributed by atoms with Gasteiger partial charge >= 0.3 is 6.03 Å². The lowest BCUT2D eigenvalue weighted by atomic mass is 10.1. The van der Waals surface area contributed by atoms with Gasteiger partial charge in [-0.3, -0.25) is 0 Å². The molecule has 3 unspecified atom stereocenters. The third-order valence-electron chi connectivity index (χ3n) is 3.78. The Balaban J connectivity index is 1.84. The molecule has 2 saturated heterocycles. The average molecular weight is 241 g/mol. The van der Waals surface area contributed by atoms with Crippen LogP contribution in [0.15, 0.2) is 0 Å². The number of ether oxygens (including phenoxy) is 1. The molecule has 0 aromatic heterocycles. The summed E-state index contributed by atoms with van der Waals surface area (Å²) in [5.41, 5.74) is 0. The molecule has 0 saturated carbocycles. The Morgan fingerprint density at radius 3 is 2.71 bits per heavy atom. The standard InChI is InChI=1S/C12H23N3O2/c1-9-6-15(7-11(9)14(2)3)12(16)13-10-4-5-17-8-10/h9-11H,4-8H2,1-3H3,(H,13,16). The number of hydrogen-bond donors (Lipinski definition) is 1. The molecule has 0 aromatic rings. The Morgan fingerprint density at radius 2 is 2.18 bits per heavy atom. The van der Waals surface area contributed by atoms with Crippen LogP contribution in [-0.2, 0) is 4.74 Å². The van der Waals surface area contributed by atoms with Crippen LogP contribution >= 0.6 is 0 Å². The minimum absolute atomic E-state index is 0.0664. The quantitative estimate of drug-likeness (QED) is 0.759. The summed E-state index contributed by atoms with van der Waals surface area (Å²) in [6.07, 6.45) is 0.937. The summed E-state index contributed by atoms with van der Waals surface area (Å²) in [7, 11) is 4.15. The summed E-state index contributed by atoms with van der Waals surface area (Å²) in [6, 6.07) is 0.744. The van der Waals surface area contributed by atoms with Crippen LogP contribution in [0.5, 0.6) is 0 Å². The average Bonchev–Trinajstić information content (AvgIpc) is 2.86. The molecule has 5 heteroatoms. The van der Waals surface area contributed by atoms with E-state index in [1.54, 1.807) is 0 Å². The molecule has 2 fully saturated rings. The highest BCUT2D eigenvalue weighted by Crippen LogP contribution is 2.20. The summed E-state index contributed by atoms with van der Waals surface area (Å²) in [4.78, 5) is 16.2. The molecule has 0 aliphatic carbocycles.